The normalized spacial score (nSPS) is 11.2. The lowest BCUT2D eigenvalue weighted by Crippen LogP contribution is -2.10. The maximum absolute atomic E-state index is 12.5. The molecule has 1 N–H and O–H groups in total. The summed E-state index contributed by atoms with van der Waals surface area (Å²) in [4.78, 5) is 10.4. The van der Waals surface area contributed by atoms with Gasteiger partial charge in [0.25, 0.3) is 0 Å². The van der Waals surface area contributed by atoms with Gasteiger partial charge in [-0.2, -0.15) is 13.2 Å². The molecule has 3 nitrogen and oxygen atoms in total. The Morgan fingerprint density at radius 2 is 2.06 bits per heavy atom. The summed E-state index contributed by atoms with van der Waals surface area (Å²) in [5.74, 6) is -0.0352. The van der Waals surface area contributed by atoms with Gasteiger partial charge in [-0.05, 0) is 18.2 Å². The Kier molecular flexibility index (Phi) is 3.89. The number of rotatable bonds is 4. The number of hydrogen-bond donors (Lipinski definition) is 1. The fourth-order valence-corrected chi connectivity index (χ4v) is 1.14. The van der Waals surface area contributed by atoms with Crippen LogP contribution in [0.2, 0.25) is 0 Å². The molecule has 0 radical (unpaired) electrons. The number of alkyl halides is 3. The van der Waals surface area contributed by atoms with Crippen LogP contribution in [-0.2, 0) is 6.18 Å². The van der Waals surface area contributed by atoms with E-state index >= 15 is 0 Å². The lowest BCUT2D eigenvalue weighted by atomic mass is 10.1. The molecule has 16 heavy (non-hydrogen) atoms. The molecule has 1 aromatic carbocycles. The van der Waals surface area contributed by atoms with Crippen LogP contribution in [0.5, 0.6) is 5.75 Å². The van der Waals surface area contributed by atoms with Gasteiger partial charge in [0.05, 0.1) is 12.2 Å². The number of halogens is 3. The van der Waals surface area contributed by atoms with E-state index in [-0.39, 0.29) is 25.2 Å². The number of hydrogen-bond acceptors (Lipinski definition) is 3. The molecule has 0 saturated carbocycles. The van der Waals surface area contributed by atoms with E-state index in [4.69, 9.17) is 9.84 Å². The first kappa shape index (κ1) is 12.5. The molecule has 0 fully saturated rings. The molecule has 0 aliphatic carbocycles. The average molecular weight is 234 g/mol. The van der Waals surface area contributed by atoms with E-state index in [9.17, 15) is 18.0 Å². The fraction of sp³-hybridized carbons (Fsp3) is 0.300. The second kappa shape index (κ2) is 4.98. The van der Waals surface area contributed by atoms with Crippen LogP contribution in [0.1, 0.15) is 15.9 Å². The third-order valence-corrected chi connectivity index (χ3v) is 1.82. The summed E-state index contributed by atoms with van der Waals surface area (Å²) in [5, 5.41) is 8.45. The van der Waals surface area contributed by atoms with E-state index in [1.54, 1.807) is 0 Å². The topological polar surface area (TPSA) is 46.5 Å². The van der Waals surface area contributed by atoms with Crippen LogP contribution in [0.4, 0.5) is 13.2 Å². The number of aliphatic hydroxyl groups excluding tert-OH is 1. The van der Waals surface area contributed by atoms with Gasteiger partial charge in [-0.1, -0.05) is 0 Å². The molecule has 88 valence electrons. The lowest BCUT2D eigenvalue weighted by molar-refractivity contribution is -0.137. The maximum atomic E-state index is 12.5. The molecule has 0 spiro atoms. The molecule has 0 aliphatic heterocycles. The second-order valence-electron chi connectivity index (χ2n) is 2.94. The monoisotopic (exact) mass is 234 g/mol. The van der Waals surface area contributed by atoms with Crippen molar-refractivity contribution in [2.75, 3.05) is 13.2 Å². The summed E-state index contributed by atoms with van der Waals surface area (Å²) < 4.78 is 42.2. The fourth-order valence-electron chi connectivity index (χ4n) is 1.14. The van der Waals surface area contributed by atoms with Gasteiger partial charge >= 0.3 is 6.18 Å². The largest absolute Gasteiger partial charge is 0.491 e. The minimum atomic E-state index is -4.60. The molecule has 0 heterocycles. The molecule has 1 rings (SSSR count). The molecule has 0 amide bonds. The molecule has 1 aromatic rings. The molecule has 0 aromatic heterocycles. The summed E-state index contributed by atoms with van der Waals surface area (Å²) in [6.07, 6.45) is -4.46. The zero-order valence-electron chi connectivity index (χ0n) is 8.12. The van der Waals surface area contributed by atoms with E-state index in [1.807, 2.05) is 0 Å². The van der Waals surface area contributed by atoms with E-state index in [0.29, 0.717) is 0 Å². The van der Waals surface area contributed by atoms with Crippen molar-refractivity contribution in [2.24, 2.45) is 0 Å². The van der Waals surface area contributed by atoms with Gasteiger partial charge in [-0.25, -0.2) is 0 Å². The highest BCUT2D eigenvalue weighted by Gasteiger charge is 2.33. The third kappa shape index (κ3) is 2.96. The van der Waals surface area contributed by atoms with Crippen molar-refractivity contribution in [3.8, 4) is 5.75 Å². The molecule has 0 atom stereocenters. The SMILES string of the molecule is O=Cc1ccc(OCCO)cc1C(F)(F)F. The molecular formula is C10H9F3O3. The summed E-state index contributed by atoms with van der Waals surface area (Å²) in [6, 6.07) is 3.01. The Bertz CT molecular complexity index is 374. The number of aliphatic hydroxyl groups is 1. The third-order valence-electron chi connectivity index (χ3n) is 1.82. The number of carbonyl (C=O) groups excluding carboxylic acids is 1. The molecular weight excluding hydrogens is 225 g/mol. The minimum absolute atomic E-state index is 0.0352. The quantitative estimate of drug-likeness (QED) is 0.809. The minimum Gasteiger partial charge on any atom is -0.491 e. The highest BCUT2D eigenvalue weighted by atomic mass is 19.4. The predicted molar refractivity (Wildman–Crippen MR) is 49.4 cm³/mol. The molecule has 0 saturated heterocycles. The Morgan fingerprint density at radius 3 is 2.56 bits per heavy atom. The highest BCUT2D eigenvalue weighted by molar-refractivity contribution is 5.78. The zero-order valence-corrected chi connectivity index (χ0v) is 8.12. The maximum Gasteiger partial charge on any atom is 0.417 e. The van der Waals surface area contributed by atoms with Crippen molar-refractivity contribution < 1.29 is 27.8 Å². The van der Waals surface area contributed by atoms with Crippen molar-refractivity contribution in [3.05, 3.63) is 29.3 Å². The highest BCUT2D eigenvalue weighted by Crippen LogP contribution is 2.33. The number of benzene rings is 1. The van der Waals surface area contributed by atoms with E-state index in [1.165, 1.54) is 6.07 Å². The van der Waals surface area contributed by atoms with Gasteiger partial charge in [-0.3, -0.25) is 4.79 Å². The van der Waals surface area contributed by atoms with Crippen LogP contribution in [0.3, 0.4) is 0 Å². The summed E-state index contributed by atoms with van der Waals surface area (Å²) in [5.41, 5.74) is -1.48. The van der Waals surface area contributed by atoms with Crippen molar-refractivity contribution in [2.45, 2.75) is 6.18 Å². The first-order valence-electron chi connectivity index (χ1n) is 4.39. The van der Waals surface area contributed by atoms with Gasteiger partial charge in [0.2, 0.25) is 0 Å². The standard InChI is InChI=1S/C10H9F3O3/c11-10(12,13)9-5-8(16-4-3-14)2-1-7(9)6-15/h1-2,5-6,14H,3-4H2. The predicted octanol–water partition coefficient (Wildman–Crippen LogP) is 1.89. The molecule has 0 unspecified atom stereocenters. The van der Waals surface area contributed by atoms with Crippen molar-refractivity contribution in [3.63, 3.8) is 0 Å². The van der Waals surface area contributed by atoms with Crippen molar-refractivity contribution in [1.82, 2.24) is 0 Å². The number of ether oxygens (including phenoxy) is 1. The van der Waals surface area contributed by atoms with Gasteiger partial charge in [0.15, 0.2) is 6.29 Å². The van der Waals surface area contributed by atoms with Crippen LogP contribution in [-0.4, -0.2) is 24.6 Å². The van der Waals surface area contributed by atoms with Crippen LogP contribution < -0.4 is 4.74 Å². The van der Waals surface area contributed by atoms with Gasteiger partial charge < -0.3 is 9.84 Å². The van der Waals surface area contributed by atoms with E-state index in [2.05, 4.69) is 0 Å². The lowest BCUT2D eigenvalue weighted by Gasteiger charge is -2.11. The molecule has 0 bridgehead atoms. The summed E-state index contributed by atoms with van der Waals surface area (Å²) in [6.45, 7) is -0.394. The van der Waals surface area contributed by atoms with Crippen molar-refractivity contribution >= 4 is 6.29 Å². The van der Waals surface area contributed by atoms with Crippen LogP contribution in [0, 0.1) is 0 Å². The van der Waals surface area contributed by atoms with Crippen LogP contribution in [0.15, 0.2) is 18.2 Å². The van der Waals surface area contributed by atoms with E-state index in [0.717, 1.165) is 12.1 Å². The smallest absolute Gasteiger partial charge is 0.417 e. The Labute approximate surface area is 89.5 Å². The first-order valence-corrected chi connectivity index (χ1v) is 4.39. The van der Waals surface area contributed by atoms with Crippen molar-refractivity contribution in [1.29, 1.82) is 0 Å². The molecule has 0 aliphatic rings. The second-order valence-corrected chi connectivity index (χ2v) is 2.94. The Morgan fingerprint density at radius 1 is 1.38 bits per heavy atom. The van der Waals surface area contributed by atoms with Crippen LogP contribution in [0.25, 0.3) is 0 Å². The van der Waals surface area contributed by atoms with Crippen LogP contribution >= 0.6 is 0 Å². The Hall–Kier alpha value is -1.56. The molecule has 6 heteroatoms. The zero-order chi connectivity index (χ0) is 12.2. The first-order chi connectivity index (χ1) is 7.49. The summed E-state index contributed by atoms with van der Waals surface area (Å²) >= 11 is 0. The Balaban J connectivity index is 3.06. The average Bonchev–Trinajstić information content (AvgIpc) is 2.24. The van der Waals surface area contributed by atoms with Gasteiger partial charge in [-0.15, -0.1) is 0 Å². The number of carbonyl (C=O) groups is 1. The van der Waals surface area contributed by atoms with Gasteiger partial charge in [0.1, 0.15) is 12.4 Å². The van der Waals surface area contributed by atoms with E-state index < -0.39 is 17.3 Å². The summed E-state index contributed by atoms with van der Waals surface area (Å²) in [7, 11) is 0. The van der Waals surface area contributed by atoms with Gasteiger partial charge in [0, 0.05) is 5.56 Å². The number of aldehydes is 1.